The Morgan fingerprint density at radius 3 is 2.79 bits per heavy atom. The molecular formula is C16H18F2N2O4. The third kappa shape index (κ3) is 2.37. The number of methoxy groups -OCH3 is 1. The van der Waals surface area contributed by atoms with Crippen LogP contribution in [-0.2, 0) is 4.74 Å². The number of halogens is 2. The van der Waals surface area contributed by atoms with Crippen LogP contribution >= 0.6 is 0 Å². The van der Waals surface area contributed by atoms with Crippen molar-refractivity contribution in [3.05, 3.63) is 29.3 Å². The minimum Gasteiger partial charge on any atom is -0.491 e. The van der Waals surface area contributed by atoms with E-state index in [2.05, 4.69) is 4.74 Å². The summed E-state index contributed by atoms with van der Waals surface area (Å²) in [5, 5.41) is 0. The Kier molecular flexibility index (Phi) is 4.06. The summed E-state index contributed by atoms with van der Waals surface area (Å²) < 4.78 is 37.7. The predicted molar refractivity (Wildman–Crippen MR) is 79.9 cm³/mol. The van der Waals surface area contributed by atoms with E-state index >= 15 is 0 Å². The van der Waals surface area contributed by atoms with Crippen LogP contribution in [-0.4, -0.2) is 60.7 Å². The molecular weight excluding hydrogens is 322 g/mol. The van der Waals surface area contributed by atoms with Gasteiger partial charge in [-0.1, -0.05) is 6.92 Å². The lowest BCUT2D eigenvalue weighted by atomic mass is 9.92. The molecule has 0 radical (unpaired) electrons. The Labute approximate surface area is 137 Å². The summed E-state index contributed by atoms with van der Waals surface area (Å²) in [7, 11) is 1.14. The average Bonchev–Trinajstić information content (AvgIpc) is 2.92. The van der Waals surface area contributed by atoms with Crippen molar-refractivity contribution in [2.45, 2.75) is 18.9 Å². The smallest absolute Gasteiger partial charge is 0.410 e. The summed E-state index contributed by atoms with van der Waals surface area (Å²) in [5.41, 5.74) is -0.843. The van der Waals surface area contributed by atoms with Gasteiger partial charge >= 0.3 is 6.09 Å². The molecule has 1 aromatic carbocycles. The second kappa shape index (κ2) is 5.92. The molecule has 6 nitrogen and oxygen atoms in total. The second-order valence-corrected chi connectivity index (χ2v) is 5.95. The molecule has 1 unspecified atom stereocenters. The van der Waals surface area contributed by atoms with Gasteiger partial charge in [-0.05, 0) is 18.6 Å². The largest absolute Gasteiger partial charge is 0.491 e. The van der Waals surface area contributed by atoms with E-state index in [0.29, 0.717) is 13.0 Å². The minimum atomic E-state index is -1.02. The van der Waals surface area contributed by atoms with E-state index in [1.54, 1.807) is 4.90 Å². The maximum absolute atomic E-state index is 14.3. The maximum Gasteiger partial charge on any atom is 0.410 e. The van der Waals surface area contributed by atoms with Crippen molar-refractivity contribution in [1.29, 1.82) is 0 Å². The molecule has 24 heavy (non-hydrogen) atoms. The lowest BCUT2D eigenvalue weighted by molar-refractivity contribution is 0.0357. The molecule has 8 heteroatoms. The highest BCUT2D eigenvalue weighted by Gasteiger charge is 2.50. The first kappa shape index (κ1) is 16.5. The first-order valence-electron chi connectivity index (χ1n) is 7.69. The number of cyclic esters (lactones) is 1. The number of carbonyl (C=O) groups excluding carboxylic acids is 2. The van der Waals surface area contributed by atoms with Gasteiger partial charge in [0.25, 0.3) is 5.91 Å². The van der Waals surface area contributed by atoms with Crippen molar-refractivity contribution < 1.29 is 27.8 Å². The number of fused-ring (bicyclic) bond motifs is 1. The highest BCUT2D eigenvalue weighted by atomic mass is 19.1. The van der Waals surface area contributed by atoms with Crippen molar-refractivity contribution in [2.24, 2.45) is 0 Å². The lowest BCUT2D eigenvalue weighted by Gasteiger charge is -2.44. The van der Waals surface area contributed by atoms with Crippen LogP contribution in [0.4, 0.5) is 13.6 Å². The topological polar surface area (TPSA) is 59.1 Å². The standard InChI is InChI=1S/C16H18F2N2O4/c1-3-16-8-19(6-7-20(16)15(22)24-9-16)14(21)10-4-5-11(17)13(23-2)12(10)18/h4-5H,3,6-9H2,1-2H3. The van der Waals surface area contributed by atoms with Gasteiger partial charge in [-0.3, -0.25) is 9.69 Å². The first-order valence-corrected chi connectivity index (χ1v) is 7.69. The van der Waals surface area contributed by atoms with Crippen LogP contribution in [0, 0.1) is 11.6 Å². The molecule has 1 aromatic rings. The summed E-state index contributed by atoms with van der Waals surface area (Å²) in [6.45, 7) is 2.92. The highest BCUT2D eigenvalue weighted by molar-refractivity contribution is 5.95. The van der Waals surface area contributed by atoms with Gasteiger partial charge in [0.05, 0.1) is 18.2 Å². The number of benzene rings is 1. The molecule has 1 atom stereocenters. The zero-order valence-corrected chi connectivity index (χ0v) is 13.5. The molecule has 0 bridgehead atoms. The summed E-state index contributed by atoms with van der Waals surface area (Å²) in [5.74, 6) is -3.02. The van der Waals surface area contributed by atoms with Crippen molar-refractivity contribution in [3.8, 4) is 5.75 Å². The third-order valence-corrected chi connectivity index (χ3v) is 4.76. The van der Waals surface area contributed by atoms with E-state index in [0.717, 1.165) is 19.2 Å². The van der Waals surface area contributed by atoms with Crippen molar-refractivity contribution in [3.63, 3.8) is 0 Å². The zero-order valence-electron chi connectivity index (χ0n) is 13.5. The van der Waals surface area contributed by atoms with Gasteiger partial charge in [-0.25, -0.2) is 13.6 Å². The van der Waals surface area contributed by atoms with Crippen LogP contribution < -0.4 is 4.74 Å². The molecule has 0 saturated carbocycles. The number of piperazine rings is 1. The Balaban J connectivity index is 1.88. The van der Waals surface area contributed by atoms with E-state index < -0.39 is 34.9 Å². The number of carbonyl (C=O) groups is 2. The molecule has 2 fully saturated rings. The predicted octanol–water partition coefficient (Wildman–Crippen LogP) is 2.03. The SMILES string of the molecule is CCC12COC(=O)N1CCN(C(=O)c1ccc(F)c(OC)c1F)C2. The molecule has 2 heterocycles. The third-order valence-electron chi connectivity index (χ3n) is 4.76. The van der Waals surface area contributed by atoms with E-state index in [-0.39, 0.29) is 25.3 Å². The number of nitrogens with zero attached hydrogens (tertiary/aromatic N) is 2. The van der Waals surface area contributed by atoms with Crippen LogP contribution in [0.3, 0.4) is 0 Å². The molecule has 2 aliphatic rings. The van der Waals surface area contributed by atoms with Crippen LogP contribution in [0.15, 0.2) is 12.1 Å². The van der Waals surface area contributed by atoms with E-state index in [1.807, 2.05) is 6.92 Å². The number of hydrogen-bond donors (Lipinski definition) is 0. The Morgan fingerprint density at radius 1 is 1.38 bits per heavy atom. The van der Waals surface area contributed by atoms with Crippen molar-refractivity contribution in [2.75, 3.05) is 33.4 Å². The van der Waals surface area contributed by atoms with Gasteiger partial charge in [0, 0.05) is 19.6 Å². The normalized spacial score (nSPS) is 23.1. The molecule has 2 amide bonds. The second-order valence-electron chi connectivity index (χ2n) is 5.95. The first-order chi connectivity index (χ1) is 11.4. The number of amides is 2. The van der Waals surface area contributed by atoms with Gasteiger partial charge in [0.15, 0.2) is 17.4 Å². The fourth-order valence-electron chi connectivity index (χ4n) is 3.29. The van der Waals surface area contributed by atoms with Crippen LogP contribution in [0.5, 0.6) is 5.75 Å². The summed E-state index contributed by atoms with van der Waals surface area (Å²) >= 11 is 0. The van der Waals surface area contributed by atoms with Crippen LogP contribution in [0.25, 0.3) is 0 Å². The molecule has 3 rings (SSSR count). The van der Waals surface area contributed by atoms with Gasteiger partial charge in [-0.2, -0.15) is 0 Å². The van der Waals surface area contributed by atoms with Gasteiger partial charge in [0.1, 0.15) is 6.61 Å². The molecule has 0 aromatic heterocycles. The van der Waals surface area contributed by atoms with Gasteiger partial charge in [0.2, 0.25) is 0 Å². The molecule has 2 aliphatic heterocycles. The number of hydrogen-bond acceptors (Lipinski definition) is 4. The quantitative estimate of drug-likeness (QED) is 0.845. The zero-order chi connectivity index (χ0) is 17.5. The minimum absolute atomic E-state index is 0.196. The summed E-state index contributed by atoms with van der Waals surface area (Å²) in [6, 6.07) is 2.11. The lowest BCUT2D eigenvalue weighted by Crippen LogP contribution is -2.62. The van der Waals surface area contributed by atoms with Gasteiger partial charge < -0.3 is 14.4 Å². The maximum atomic E-state index is 14.3. The molecule has 0 N–H and O–H groups in total. The Bertz CT molecular complexity index is 697. The molecule has 2 saturated heterocycles. The van der Waals surface area contributed by atoms with Crippen molar-refractivity contribution >= 4 is 12.0 Å². The monoisotopic (exact) mass is 340 g/mol. The van der Waals surface area contributed by atoms with Crippen LogP contribution in [0.1, 0.15) is 23.7 Å². The number of ether oxygens (including phenoxy) is 2. The summed E-state index contributed by atoms with van der Waals surface area (Å²) in [6.07, 6.45) is 0.219. The fraction of sp³-hybridized carbons (Fsp3) is 0.500. The molecule has 0 spiro atoms. The van der Waals surface area contributed by atoms with Crippen molar-refractivity contribution in [1.82, 2.24) is 9.80 Å². The van der Waals surface area contributed by atoms with E-state index in [9.17, 15) is 18.4 Å². The number of rotatable bonds is 3. The van der Waals surface area contributed by atoms with E-state index in [1.165, 1.54) is 4.90 Å². The highest BCUT2D eigenvalue weighted by Crippen LogP contribution is 2.33. The Morgan fingerprint density at radius 2 is 2.12 bits per heavy atom. The Hall–Kier alpha value is -2.38. The fourth-order valence-corrected chi connectivity index (χ4v) is 3.29. The van der Waals surface area contributed by atoms with Gasteiger partial charge in [-0.15, -0.1) is 0 Å². The molecule has 130 valence electrons. The molecule has 0 aliphatic carbocycles. The van der Waals surface area contributed by atoms with Crippen LogP contribution in [0.2, 0.25) is 0 Å². The average molecular weight is 340 g/mol. The van der Waals surface area contributed by atoms with E-state index in [4.69, 9.17) is 4.74 Å². The summed E-state index contributed by atoms with van der Waals surface area (Å²) in [4.78, 5) is 27.6.